The molecule has 3 N–H and O–H groups in total. The molecule has 0 aliphatic rings. The van der Waals surface area contributed by atoms with Gasteiger partial charge in [-0.2, -0.15) is 20.2 Å². The molecule has 3 heterocycles. The Morgan fingerprint density at radius 2 is 2.16 bits per heavy atom. The van der Waals surface area contributed by atoms with E-state index in [0.29, 0.717) is 22.7 Å². The number of anilines is 1. The van der Waals surface area contributed by atoms with Crippen LogP contribution in [0.3, 0.4) is 0 Å². The molecule has 0 unspecified atom stereocenters. The van der Waals surface area contributed by atoms with Gasteiger partial charge in [-0.3, -0.25) is 9.78 Å². The zero-order valence-electron chi connectivity index (χ0n) is 10.5. The standard InChI is InChI=1S/C11H13N7O/c1-6(2)18-5-7(3-14-18)19-10-8-4-13-17-9(8)15-11(12)16-10/h3-6H,1-2H3,(H3,12,13,15,16,17). The second kappa shape index (κ2) is 4.23. The van der Waals surface area contributed by atoms with E-state index in [-0.39, 0.29) is 12.0 Å². The van der Waals surface area contributed by atoms with E-state index in [1.165, 1.54) is 0 Å². The fourth-order valence-corrected chi connectivity index (χ4v) is 1.67. The van der Waals surface area contributed by atoms with Crippen molar-refractivity contribution in [3.8, 4) is 11.6 Å². The Morgan fingerprint density at radius 1 is 1.32 bits per heavy atom. The first-order valence-corrected chi connectivity index (χ1v) is 5.82. The van der Waals surface area contributed by atoms with Crippen LogP contribution in [0.15, 0.2) is 18.6 Å². The summed E-state index contributed by atoms with van der Waals surface area (Å²) in [6.45, 7) is 4.07. The van der Waals surface area contributed by atoms with Crippen LogP contribution in [-0.2, 0) is 0 Å². The molecule has 98 valence electrons. The number of nitrogen functional groups attached to an aromatic ring is 1. The van der Waals surface area contributed by atoms with Crippen molar-refractivity contribution in [3.63, 3.8) is 0 Å². The summed E-state index contributed by atoms with van der Waals surface area (Å²) in [5.74, 6) is 1.08. The Bertz CT molecular complexity index is 715. The molecule has 0 fully saturated rings. The Balaban J connectivity index is 1.97. The average molecular weight is 259 g/mol. The van der Waals surface area contributed by atoms with Crippen molar-refractivity contribution in [2.24, 2.45) is 0 Å². The van der Waals surface area contributed by atoms with Gasteiger partial charge in [-0.1, -0.05) is 0 Å². The van der Waals surface area contributed by atoms with Crippen LogP contribution in [0.1, 0.15) is 19.9 Å². The minimum absolute atomic E-state index is 0.128. The molecule has 0 spiro atoms. The highest BCUT2D eigenvalue weighted by Crippen LogP contribution is 2.26. The van der Waals surface area contributed by atoms with Crippen LogP contribution in [0.4, 0.5) is 5.95 Å². The van der Waals surface area contributed by atoms with E-state index >= 15 is 0 Å². The highest BCUT2D eigenvalue weighted by molar-refractivity contribution is 5.80. The molecule has 19 heavy (non-hydrogen) atoms. The van der Waals surface area contributed by atoms with Crippen molar-refractivity contribution in [1.29, 1.82) is 0 Å². The first-order valence-electron chi connectivity index (χ1n) is 5.82. The van der Waals surface area contributed by atoms with Crippen molar-refractivity contribution >= 4 is 17.0 Å². The summed E-state index contributed by atoms with van der Waals surface area (Å²) in [4.78, 5) is 8.09. The summed E-state index contributed by atoms with van der Waals surface area (Å²) >= 11 is 0. The van der Waals surface area contributed by atoms with E-state index in [9.17, 15) is 0 Å². The number of aromatic amines is 1. The number of fused-ring (bicyclic) bond motifs is 1. The van der Waals surface area contributed by atoms with Gasteiger partial charge in [-0.05, 0) is 13.8 Å². The average Bonchev–Trinajstić information content (AvgIpc) is 2.96. The summed E-state index contributed by atoms with van der Waals surface area (Å²) in [6.07, 6.45) is 5.02. The number of ether oxygens (including phenoxy) is 1. The Morgan fingerprint density at radius 3 is 2.89 bits per heavy atom. The van der Waals surface area contributed by atoms with Crippen molar-refractivity contribution < 1.29 is 4.74 Å². The first-order chi connectivity index (χ1) is 9.13. The molecule has 0 radical (unpaired) electrons. The molecule has 8 nitrogen and oxygen atoms in total. The van der Waals surface area contributed by atoms with Crippen LogP contribution in [0.25, 0.3) is 11.0 Å². The summed E-state index contributed by atoms with van der Waals surface area (Å²) < 4.78 is 7.49. The van der Waals surface area contributed by atoms with Crippen molar-refractivity contribution in [3.05, 3.63) is 18.6 Å². The largest absolute Gasteiger partial charge is 0.435 e. The zero-order valence-corrected chi connectivity index (χ0v) is 10.5. The quantitative estimate of drug-likeness (QED) is 0.738. The van der Waals surface area contributed by atoms with Crippen LogP contribution in [0, 0.1) is 0 Å². The number of hydrogen-bond acceptors (Lipinski definition) is 6. The third-order valence-corrected chi connectivity index (χ3v) is 2.61. The van der Waals surface area contributed by atoms with Crippen molar-refractivity contribution in [2.45, 2.75) is 19.9 Å². The lowest BCUT2D eigenvalue weighted by Gasteiger charge is -2.04. The van der Waals surface area contributed by atoms with Gasteiger partial charge in [-0.25, -0.2) is 0 Å². The molecule has 3 aromatic rings. The predicted octanol–water partition coefficient (Wildman–Crippen LogP) is 1.50. The van der Waals surface area contributed by atoms with Crippen LogP contribution in [0.2, 0.25) is 0 Å². The minimum Gasteiger partial charge on any atom is -0.435 e. The fourth-order valence-electron chi connectivity index (χ4n) is 1.67. The molecule has 8 heteroatoms. The molecule has 0 aliphatic carbocycles. The molecular weight excluding hydrogens is 246 g/mol. The van der Waals surface area contributed by atoms with Gasteiger partial charge in [0, 0.05) is 6.04 Å². The van der Waals surface area contributed by atoms with Gasteiger partial charge in [0.15, 0.2) is 11.4 Å². The topological polar surface area (TPSA) is 108 Å². The first kappa shape index (κ1) is 11.5. The SMILES string of the molecule is CC(C)n1cc(Oc2nc(N)nc3[nH]ncc23)cn1. The van der Waals surface area contributed by atoms with Gasteiger partial charge in [0.1, 0.15) is 5.39 Å². The van der Waals surface area contributed by atoms with E-state index in [4.69, 9.17) is 10.5 Å². The third kappa shape index (κ3) is 2.07. The smallest absolute Gasteiger partial charge is 0.235 e. The normalized spacial score (nSPS) is 11.3. The number of nitrogens with zero attached hydrogens (tertiary/aromatic N) is 5. The lowest BCUT2D eigenvalue weighted by Crippen LogP contribution is -2.00. The number of hydrogen-bond donors (Lipinski definition) is 2. The van der Waals surface area contributed by atoms with Gasteiger partial charge in [0.2, 0.25) is 11.8 Å². The molecule has 0 aromatic carbocycles. The highest BCUT2D eigenvalue weighted by atomic mass is 16.5. The van der Waals surface area contributed by atoms with Crippen LogP contribution in [-0.4, -0.2) is 29.9 Å². The maximum Gasteiger partial charge on any atom is 0.235 e. The van der Waals surface area contributed by atoms with Crippen molar-refractivity contribution in [2.75, 3.05) is 5.73 Å². The Kier molecular flexibility index (Phi) is 2.55. The molecule has 0 saturated carbocycles. The second-order valence-corrected chi connectivity index (χ2v) is 4.37. The monoisotopic (exact) mass is 259 g/mol. The Labute approximate surface area is 108 Å². The van der Waals surface area contributed by atoms with E-state index < -0.39 is 0 Å². The number of aromatic nitrogens is 6. The van der Waals surface area contributed by atoms with Gasteiger partial charge in [0.25, 0.3) is 0 Å². The molecule has 0 bridgehead atoms. The lowest BCUT2D eigenvalue weighted by atomic mass is 10.4. The van der Waals surface area contributed by atoms with Crippen molar-refractivity contribution in [1.82, 2.24) is 29.9 Å². The molecule has 0 aliphatic heterocycles. The maximum absolute atomic E-state index is 5.69. The number of nitrogens with two attached hydrogens (primary N) is 1. The van der Waals surface area contributed by atoms with E-state index in [0.717, 1.165) is 0 Å². The molecule has 3 aromatic heterocycles. The highest BCUT2D eigenvalue weighted by Gasteiger charge is 2.11. The summed E-state index contributed by atoms with van der Waals surface area (Å²) in [6, 6.07) is 0.266. The van der Waals surface area contributed by atoms with Gasteiger partial charge < -0.3 is 10.5 Å². The summed E-state index contributed by atoms with van der Waals surface area (Å²) in [5.41, 5.74) is 6.16. The zero-order chi connectivity index (χ0) is 13.4. The number of H-pyrrole nitrogens is 1. The Hall–Kier alpha value is -2.64. The van der Waals surface area contributed by atoms with E-state index in [1.54, 1.807) is 23.3 Å². The predicted molar refractivity (Wildman–Crippen MR) is 68.8 cm³/mol. The van der Waals surface area contributed by atoms with Gasteiger partial charge in [-0.15, -0.1) is 0 Å². The third-order valence-electron chi connectivity index (χ3n) is 2.61. The molecule has 3 rings (SSSR count). The van der Waals surface area contributed by atoms with E-state index in [2.05, 4.69) is 25.3 Å². The number of nitrogens with one attached hydrogen (secondary N) is 1. The second-order valence-electron chi connectivity index (χ2n) is 4.37. The minimum atomic E-state index is 0.128. The maximum atomic E-state index is 5.69. The molecule has 0 saturated heterocycles. The van der Waals surface area contributed by atoms with Crippen LogP contribution < -0.4 is 10.5 Å². The van der Waals surface area contributed by atoms with Gasteiger partial charge in [0.05, 0.1) is 18.6 Å². The number of rotatable bonds is 3. The van der Waals surface area contributed by atoms with Crippen LogP contribution in [0.5, 0.6) is 11.6 Å². The lowest BCUT2D eigenvalue weighted by molar-refractivity contribution is 0.465. The molecule has 0 amide bonds. The fraction of sp³-hybridized carbons (Fsp3) is 0.273. The summed E-state index contributed by atoms with van der Waals surface area (Å²) in [7, 11) is 0. The van der Waals surface area contributed by atoms with Crippen LogP contribution >= 0.6 is 0 Å². The van der Waals surface area contributed by atoms with E-state index in [1.807, 2.05) is 13.8 Å². The molecular formula is C11H13N7O. The summed E-state index contributed by atoms with van der Waals surface area (Å²) in [5, 5.41) is 11.5. The van der Waals surface area contributed by atoms with Gasteiger partial charge >= 0.3 is 0 Å². The molecule has 0 atom stereocenters.